The Hall–Kier alpha value is -1.62. The maximum absolute atomic E-state index is 12.9. The van der Waals surface area contributed by atoms with Gasteiger partial charge in [0, 0.05) is 19.6 Å². The van der Waals surface area contributed by atoms with Crippen LogP contribution in [0.15, 0.2) is 24.3 Å². The molecule has 2 saturated heterocycles. The Bertz CT molecular complexity index is 582. The fourth-order valence-corrected chi connectivity index (χ4v) is 4.29. The van der Waals surface area contributed by atoms with Gasteiger partial charge in [-0.15, -0.1) is 0 Å². The van der Waals surface area contributed by atoms with E-state index in [4.69, 9.17) is 4.74 Å². The molecule has 5 heteroatoms. The molecule has 3 rings (SSSR count). The standard InChI is InChI=1S/C21H31FN2O2/c1-16(2)13-23-10-7-17(8-11-23)18-9-12-24(14-18)21(25)15-26-20-5-3-19(22)4-6-20/h3-6,16-18H,7-15H2,1-2H3/t18-/m0/s1. The molecule has 1 aromatic rings. The molecule has 0 bridgehead atoms. The minimum Gasteiger partial charge on any atom is -0.484 e. The number of carbonyl (C=O) groups excluding carboxylic acids is 1. The molecule has 0 saturated carbocycles. The highest BCUT2D eigenvalue weighted by Crippen LogP contribution is 2.32. The number of hydrogen-bond donors (Lipinski definition) is 0. The minimum absolute atomic E-state index is 0.0329. The highest BCUT2D eigenvalue weighted by molar-refractivity contribution is 5.78. The van der Waals surface area contributed by atoms with Crippen LogP contribution in [0.3, 0.4) is 0 Å². The van der Waals surface area contributed by atoms with Gasteiger partial charge in [-0.25, -0.2) is 4.39 Å². The van der Waals surface area contributed by atoms with Crippen molar-refractivity contribution in [2.75, 3.05) is 39.3 Å². The van der Waals surface area contributed by atoms with Crippen LogP contribution in [0, 0.1) is 23.6 Å². The minimum atomic E-state index is -0.300. The zero-order chi connectivity index (χ0) is 18.5. The van der Waals surface area contributed by atoms with E-state index in [2.05, 4.69) is 18.7 Å². The van der Waals surface area contributed by atoms with Gasteiger partial charge in [0.1, 0.15) is 11.6 Å². The Morgan fingerprint density at radius 3 is 2.42 bits per heavy atom. The summed E-state index contributed by atoms with van der Waals surface area (Å²) in [5, 5.41) is 0. The van der Waals surface area contributed by atoms with Crippen molar-refractivity contribution in [3.63, 3.8) is 0 Å². The largest absolute Gasteiger partial charge is 0.484 e. The maximum atomic E-state index is 12.9. The number of rotatable bonds is 6. The first-order chi connectivity index (χ1) is 12.5. The van der Waals surface area contributed by atoms with Crippen molar-refractivity contribution in [2.45, 2.75) is 33.1 Å². The third-order valence-electron chi connectivity index (χ3n) is 5.68. The molecule has 1 amide bonds. The van der Waals surface area contributed by atoms with Crippen molar-refractivity contribution in [2.24, 2.45) is 17.8 Å². The molecule has 0 radical (unpaired) electrons. The summed E-state index contributed by atoms with van der Waals surface area (Å²) < 4.78 is 18.4. The van der Waals surface area contributed by atoms with Crippen molar-refractivity contribution < 1.29 is 13.9 Å². The topological polar surface area (TPSA) is 32.8 Å². The lowest BCUT2D eigenvalue weighted by Gasteiger charge is -2.35. The van der Waals surface area contributed by atoms with Crippen molar-refractivity contribution in [1.29, 1.82) is 0 Å². The lowest BCUT2D eigenvalue weighted by Crippen LogP contribution is -2.39. The Morgan fingerprint density at radius 1 is 1.12 bits per heavy atom. The Balaban J connectivity index is 1.40. The van der Waals surface area contributed by atoms with Crippen molar-refractivity contribution in [3.8, 4) is 5.75 Å². The van der Waals surface area contributed by atoms with Crippen LogP contribution < -0.4 is 4.74 Å². The van der Waals surface area contributed by atoms with Crippen LogP contribution in [0.1, 0.15) is 33.1 Å². The lowest BCUT2D eigenvalue weighted by molar-refractivity contribution is -0.132. The number of likely N-dealkylation sites (tertiary alicyclic amines) is 2. The zero-order valence-electron chi connectivity index (χ0n) is 16.0. The van der Waals surface area contributed by atoms with Crippen molar-refractivity contribution in [3.05, 3.63) is 30.1 Å². The van der Waals surface area contributed by atoms with Crippen LogP contribution in [-0.2, 0) is 4.79 Å². The van der Waals surface area contributed by atoms with Gasteiger partial charge in [0.15, 0.2) is 6.61 Å². The van der Waals surface area contributed by atoms with Gasteiger partial charge in [-0.3, -0.25) is 4.79 Å². The molecule has 144 valence electrons. The second-order valence-electron chi connectivity index (χ2n) is 8.16. The number of hydrogen-bond acceptors (Lipinski definition) is 3. The molecule has 4 nitrogen and oxygen atoms in total. The molecular weight excluding hydrogens is 331 g/mol. The van der Waals surface area contributed by atoms with E-state index in [1.54, 1.807) is 12.1 Å². The van der Waals surface area contributed by atoms with E-state index in [1.807, 2.05) is 4.90 Å². The van der Waals surface area contributed by atoms with E-state index in [9.17, 15) is 9.18 Å². The summed E-state index contributed by atoms with van der Waals surface area (Å²) in [7, 11) is 0. The second kappa shape index (κ2) is 8.85. The van der Waals surface area contributed by atoms with Gasteiger partial charge in [0.05, 0.1) is 0 Å². The Kier molecular flexibility index (Phi) is 6.52. The van der Waals surface area contributed by atoms with Crippen LogP contribution >= 0.6 is 0 Å². The molecule has 2 heterocycles. The van der Waals surface area contributed by atoms with E-state index < -0.39 is 0 Å². The fraction of sp³-hybridized carbons (Fsp3) is 0.667. The first-order valence-electron chi connectivity index (χ1n) is 9.89. The van der Waals surface area contributed by atoms with Gasteiger partial charge in [-0.05, 0) is 74.4 Å². The van der Waals surface area contributed by atoms with Crippen molar-refractivity contribution >= 4 is 5.91 Å². The van der Waals surface area contributed by atoms with E-state index in [-0.39, 0.29) is 18.3 Å². The quantitative estimate of drug-likeness (QED) is 0.777. The third-order valence-corrected chi connectivity index (χ3v) is 5.68. The van der Waals surface area contributed by atoms with E-state index in [0.29, 0.717) is 11.7 Å². The molecule has 0 unspecified atom stereocenters. The molecule has 26 heavy (non-hydrogen) atoms. The van der Waals surface area contributed by atoms with Crippen LogP contribution in [0.5, 0.6) is 5.75 Å². The van der Waals surface area contributed by atoms with Crippen LogP contribution in [-0.4, -0.2) is 55.0 Å². The molecule has 2 fully saturated rings. The Labute approximate surface area is 156 Å². The highest BCUT2D eigenvalue weighted by atomic mass is 19.1. The van der Waals surface area contributed by atoms with Gasteiger partial charge in [-0.2, -0.15) is 0 Å². The fourth-order valence-electron chi connectivity index (χ4n) is 4.29. The van der Waals surface area contributed by atoms with Crippen LogP contribution in [0.4, 0.5) is 4.39 Å². The van der Waals surface area contributed by atoms with Gasteiger partial charge in [0.2, 0.25) is 0 Å². The molecule has 0 aliphatic carbocycles. The van der Waals surface area contributed by atoms with Crippen LogP contribution in [0.2, 0.25) is 0 Å². The number of amides is 1. The summed E-state index contributed by atoms with van der Waals surface area (Å²) in [5.74, 6) is 2.38. The van der Waals surface area contributed by atoms with E-state index >= 15 is 0 Å². The molecule has 1 aromatic carbocycles. The number of carbonyl (C=O) groups is 1. The van der Waals surface area contributed by atoms with Crippen LogP contribution in [0.25, 0.3) is 0 Å². The summed E-state index contributed by atoms with van der Waals surface area (Å²) in [6.07, 6.45) is 3.62. The summed E-state index contributed by atoms with van der Waals surface area (Å²) in [5.41, 5.74) is 0. The average Bonchev–Trinajstić information content (AvgIpc) is 3.11. The van der Waals surface area contributed by atoms with Gasteiger partial charge in [0.25, 0.3) is 5.91 Å². The number of ether oxygens (including phenoxy) is 1. The zero-order valence-corrected chi connectivity index (χ0v) is 16.0. The molecule has 0 N–H and O–H groups in total. The second-order valence-corrected chi connectivity index (χ2v) is 8.16. The number of nitrogens with zero attached hydrogens (tertiary/aromatic N) is 2. The average molecular weight is 362 g/mol. The maximum Gasteiger partial charge on any atom is 0.260 e. The molecule has 0 aromatic heterocycles. The lowest BCUT2D eigenvalue weighted by atomic mass is 9.83. The summed E-state index contributed by atoms with van der Waals surface area (Å²) in [4.78, 5) is 16.9. The van der Waals surface area contributed by atoms with Gasteiger partial charge in [-0.1, -0.05) is 13.8 Å². The number of benzene rings is 1. The van der Waals surface area contributed by atoms with E-state index in [1.165, 1.54) is 44.6 Å². The first kappa shape index (κ1) is 19.2. The van der Waals surface area contributed by atoms with E-state index in [0.717, 1.165) is 31.3 Å². The monoisotopic (exact) mass is 362 g/mol. The SMILES string of the molecule is CC(C)CN1CCC([C@H]2CCN(C(=O)COc3ccc(F)cc3)C2)CC1. The predicted octanol–water partition coefficient (Wildman–Crippen LogP) is 3.42. The highest BCUT2D eigenvalue weighted by Gasteiger charge is 2.33. The Morgan fingerprint density at radius 2 is 1.77 bits per heavy atom. The molecular formula is C21H31FN2O2. The van der Waals surface area contributed by atoms with Gasteiger partial charge < -0.3 is 14.5 Å². The predicted molar refractivity (Wildman–Crippen MR) is 101 cm³/mol. The first-order valence-corrected chi connectivity index (χ1v) is 9.89. The normalized spacial score (nSPS) is 22.2. The number of halogens is 1. The molecule has 2 aliphatic heterocycles. The molecule has 2 aliphatic rings. The summed E-state index contributed by atoms with van der Waals surface area (Å²) in [6.45, 7) is 9.87. The smallest absolute Gasteiger partial charge is 0.260 e. The third kappa shape index (κ3) is 5.19. The van der Waals surface area contributed by atoms with Gasteiger partial charge >= 0.3 is 0 Å². The summed E-state index contributed by atoms with van der Waals surface area (Å²) in [6, 6.07) is 5.80. The van der Waals surface area contributed by atoms with Crippen molar-refractivity contribution in [1.82, 2.24) is 9.80 Å². The summed E-state index contributed by atoms with van der Waals surface area (Å²) >= 11 is 0. The number of piperidine rings is 1. The molecule has 1 atom stereocenters. The molecule has 0 spiro atoms.